The van der Waals surface area contributed by atoms with Crippen molar-refractivity contribution in [2.24, 2.45) is 0 Å². The number of nitrogens with zero attached hydrogens (tertiary/aromatic N) is 1. The maximum Gasteiger partial charge on any atom is 0.416 e. The third-order valence-corrected chi connectivity index (χ3v) is 3.07. The fourth-order valence-electron chi connectivity index (χ4n) is 1.76. The summed E-state index contributed by atoms with van der Waals surface area (Å²) in [4.78, 5) is 3.84. The first kappa shape index (κ1) is 14.8. The molecule has 1 N–H and O–H groups in total. The molecule has 0 fully saturated rings. The van der Waals surface area contributed by atoms with Crippen molar-refractivity contribution in [3.8, 4) is 0 Å². The van der Waals surface area contributed by atoms with E-state index in [9.17, 15) is 18.3 Å². The first-order chi connectivity index (χ1) is 9.36. The van der Waals surface area contributed by atoms with Crippen LogP contribution in [0.4, 0.5) is 13.2 Å². The Balaban J connectivity index is 2.08. The molecule has 20 heavy (non-hydrogen) atoms. The fourth-order valence-corrected chi connectivity index (χ4v) is 1.87. The van der Waals surface area contributed by atoms with Gasteiger partial charge in [0.05, 0.1) is 11.7 Å². The number of rotatable bonds is 3. The Hall–Kier alpha value is -1.59. The molecule has 0 bridgehead atoms. The van der Waals surface area contributed by atoms with Crippen molar-refractivity contribution in [3.05, 3.63) is 64.4 Å². The molecule has 1 heterocycles. The minimum absolute atomic E-state index is 0.210. The van der Waals surface area contributed by atoms with Crippen LogP contribution in [0.5, 0.6) is 0 Å². The van der Waals surface area contributed by atoms with E-state index in [4.69, 9.17) is 11.6 Å². The van der Waals surface area contributed by atoms with Crippen LogP contribution in [0.15, 0.2) is 42.6 Å². The number of aliphatic hydroxyl groups is 1. The second kappa shape index (κ2) is 5.81. The largest absolute Gasteiger partial charge is 0.416 e. The zero-order valence-corrected chi connectivity index (χ0v) is 11.0. The van der Waals surface area contributed by atoms with Crippen LogP contribution in [0.1, 0.15) is 22.8 Å². The molecule has 0 aliphatic rings. The Morgan fingerprint density at radius 3 is 2.25 bits per heavy atom. The van der Waals surface area contributed by atoms with Crippen molar-refractivity contribution >= 4 is 11.6 Å². The topological polar surface area (TPSA) is 33.1 Å². The van der Waals surface area contributed by atoms with Crippen LogP contribution in [0.25, 0.3) is 0 Å². The summed E-state index contributed by atoms with van der Waals surface area (Å²) in [5, 5.41) is 10.3. The molecule has 1 aromatic carbocycles. The Labute approximate surface area is 118 Å². The summed E-state index contributed by atoms with van der Waals surface area (Å²) in [6.45, 7) is 0. The van der Waals surface area contributed by atoms with Crippen LogP contribution < -0.4 is 0 Å². The number of halogens is 4. The average Bonchev–Trinajstić information content (AvgIpc) is 2.39. The molecule has 0 aliphatic carbocycles. The van der Waals surface area contributed by atoms with Crippen LogP contribution in [-0.2, 0) is 12.6 Å². The Morgan fingerprint density at radius 2 is 1.75 bits per heavy atom. The maximum absolute atomic E-state index is 12.4. The molecular weight excluding hydrogens is 291 g/mol. The summed E-state index contributed by atoms with van der Waals surface area (Å²) in [7, 11) is 0. The molecule has 1 aromatic heterocycles. The van der Waals surface area contributed by atoms with Crippen molar-refractivity contribution in [2.75, 3.05) is 0 Å². The highest BCUT2D eigenvalue weighted by Crippen LogP contribution is 2.29. The van der Waals surface area contributed by atoms with Crippen LogP contribution in [0.2, 0.25) is 5.15 Å². The van der Waals surface area contributed by atoms with Gasteiger partial charge in [-0.2, -0.15) is 13.2 Å². The maximum atomic E-state index is 12.4. The van der Waals surface area contributed by atoms with Gasteiger partial charge in [-0.1, -0.05) is 29.8 Å². The van der Waals surface area contributed by atoms with Crippen molar-refractivity contribution in [2.45, 2.75) is 18.7 Å². The van der Waals surface area contributed by atoms with Gasteiger partial charge in [-0.25, -0.2) is 4.98 Å². The lowest BCUT2D eigenvalue weighted by molar-refractivity contribution is -0.137. The standard InChI is InChI=1S/C14H11ClF3NO/c15-13-6-3-10(8-19-13)12(20)7-9-1-4-11(5-2-9)14(16,17)18/h1-6,8,12,20H,7H2. The monoisotopic (exact) mass is 301 g/mol. The summed E-state index contributed by atoms with van der Waals surface area (Å²) >= 11 is 5.64. The lowest BCUT2D eigenvalue weighted by atomic mass is 10.0. The van der Waals surface area contributed by atoms with Crippen molar-refractivity contribution in [1.82, 2.24) is 4.98 Å². The van der Waals surface area contributed by atoms with Gasteiger partial charge in [0.1, 0.15) is 5.15 Å². The van der Waals surface area contributed by atoms with Crippen molar-refractivity contribution < 1.29 is 18.3 Å². The van der Waals surface area contributed by atoms with Gasteiger partial charge in [0.2, 0.25) is 0 Å². The number of hydrogen-bond acceptors (Lipinski definition) is 2. The molecule has 0 aliphatic heterocycles. The van der Waals surface area contributed by atoms with E-state index in [1.165, 1.54) is 18.3 Å². The van der Waals surface area contributed by atoms with Crippen LogP contribution in [0, 0.1) is 0 Å². The second-order valence-corrected chi connectivity index (χ2v) is 4.72. The van der Waals surface area contributed by atoms with E-state index in [0.717, 1.165) is 12.1 Å². The molecule has 0 saturated carbocycles. The quantitative estimate of drug-likeness (QED) is 0.868. The van der Waals surface area contributed by atoms with Crippen molar-refractivity contribution in [1.29, 1.82) is 0 Å². The zero-order valence-electron chi connectivity index (χ0n) is 10.2. The molecule has 2 nitrogen and oxygen atoms in total. The molecule has 0 amide bonds. The van der Waals surface area contributed by atoms with Gasteiger partial charge >= 0.3 is 6.18 Å². The Bertz CT molecular complexity index is 566. The Kier molecular flexibility index (Phi) is 4.30. The first-order valence-corrected chi connectivity index (χ1v) is 6.20. The van der Waals surface area contributed by atoms with E-state index in [1.54, 1.807) is 12.1 Å². The number of aliphatic hydroxyl groups excluding tert-OH is 1. The van der Waals surface area contributed by atoms with E-state index >= 15 is 0 Å². The van der Waals surface area contributed by atoms with Crippen LogP contribution in [0.3, 0.4) is 0 Å². The van der Waals surface area contributed by atoms with Gasteiger partial charge in [0, 0.05) is 12.6 Å². The van der Waals surface area contributed by atoms with Crippen LogP contribution >= 0.6 is 11.6 Å². The summed E-state index contributed by atoms with van der Waals surface area (Å²) in [6, 6.07) is 7.89. The number of aromatic nitrogens is 1. The molecule has 0 spiro atoms. The summed E-state index contributed by atoms with van der Waals surface area (Å²) in [5.41, 5.74) is 0.471. The predicted molar refractivity (Wildman–Crippen MR) is 69.4 cm³/mol. The van der Waals surface area contributed by atoms with E-state index in [2.05, 4.69) is 4.98 Å². The highest BCUT2D eigenvalue weighted by molar-refractivity contribution is 6.29. The summed E-state index contributed by atoms with van der Waals surface area (Å²) in [6.07, 6.45) is -3.54. The first-order valence-electron chi connectivity index (χ1n) is 5.82. The van der Waals surface area contributed by atoms with E-state index in [-0.39, 0.29) is 6.42 Å². The number of benzene rings is 1. The predicted octanol–water partition coefficient (Wildman–Crippen LogP) is 4.03. The van der Waals surface area contributed by atoms with Gasteiger partial charge in [-0.05, 0) is 29.3 Å². The van der Waals surface area contributed by atoms with Gasteiger partial charge < -0.3 is 5.11 Å². The molecule has 1 atom stereocenters. The summed E-state index contributed by atoms with van der Waals surface area (Å²) in [5.74, 6) is 0. The van der Waals surface area contributed by atoms with Gasteiger partial charge in [-0.3, -0.25) is 0 Å². The zero-order chi connectivity index (χ0) is 14.8. The third-order valence-electron chi connectivity index (χ3n) is 2.85. The second-order valence-electron chi connectivity index (χ2n) is 4.33. The SMILES string of the molecule is OC(Cc1ccc(C(F)(F)F)cc1)c1ccc(Cl)nc1. The minimum Gasteiger partial charge on any atom is -0.388 e. The fraction of sp³-hybridized carbons (Fsp3) is 0.214. The van der Waals surface area contributed by atoms with E-state index in [1.807, 2.05) is 0 Å². The number of hydrogen-bond donors (Lipinski definition) is 1. The molecule has 0 radical (unpaired) electrons. The average molecular weight is 302 g/mol. The molecular formula is C14H11ClF3NO. The molecule has 106 valence electrons. The minimum atomic E-state index is -4.35. The number of alkyl halides is 3. The number of pyridine rings is 1. The molecule has 2 rings (SSSR count). The smallest absolute Gasteiger partial charge is 0.388 e. The molecule has 1 unspecified atom stereocenters. The lowest BCUT2D eigenvalue weighted by Crippen LogP contribution is -2.06. The normalized spacial score (nSPS) is 13.2. The highest BCUT2D eigenvalue weighted by atomic mass is 35.5. The Morgan fingerprint density at radius 1 is 1.10 bits per heavy atom. The molecule has 0 saturated heterocycles. The summed E-state index contributed by atoms with van der Waals surface area (Å²) < 4.78 is 37.2. The molecule has 6 heteroatoms. The van der Waals surface area contributed by atoms with E-state index in [0.29, 0.717) is 16.3 Å². The van der Waals surface area contributed by atoms with Gasteiger partial charge in [0.25, 0.3) is 0 Å². The van der Waals surface area contributed by atoms with E-state index < -0.39 is 17.8 Å². The van der Waals surface area contributed by atoms with Gasteiger partial charge in [0.15, 0.2) is 0 Å². The van der Waals surface area contributed by atoms with Crippen molar-refractivity contribution in [3.63, 3.8) is 0 Å². The lowest BCUT2D eigenvalue weighted by Gasteiger charge is -2.12. The van der Waals surface area contributed by atoms with Crippen LogP contribution in [-0.4, -0.2) is 10.1 Å². The highest BCUT2D eigenvalue weighted by Gasteiger charge is 2.29. The van der Waals surface area contributed by atoms with Gasteiger partial charge in [-0.15, -0.1) is 0 Å². The third kappa shape index (κ3) is 3.71. The molecule has 2 aromatic rings.